The highest BCUT2D eigenvalue weighted by Crippen LogP contribution is 2.38. The zero-order valence-electron chi connectivity index (χ0n) is 27.1. The maximum atomic E-state index is 13.5. The van der Waals surface area contributed by atoms with Crippen LogP contribution in [0.4, 0.5) is 0 Å². The van der Waals surface area contributed by atoms with Crippen LogP contribution in [-0.2, 0) is 20.8 Å². The standard InChI is InChI=1S/C34H40N6O8/c1-22-31(42)39-26(18-23-8-5-4-6-9-23)33(44)37-15-16-40(34(45)24-10-13-35-14-11-24)21-29(41)36-12-7-17-48-30-27(46-2)19-25(32(43)38-22)20-28(30)47-3/h4-6,8-11,13-14,19-20,22,26H,7,12,15-18,21H2,1-3H3,(H,36,41)(H,37,44)(H,38,43)(H,39,42)/t22-,26+/m0/s1. The molecule has 0 unspecified atom stereocenters. The van der Waals surface area contributed by atoms with Gasteiger partial charge in [-0.3, -0.25) is 29.0 Å². The Bertz CT molecular complexity index is 1560. The predicted molar refractivity (Wildman–Crippen MR) is 175 cm³/mol. The molecule has 3 heterocycles. The third-order valence-electron chi connectivity index (χ3n) is 7.50. The number of fused-ring (bicyclic) bond motifs is 19. The highest BCUT2D eigenvalue weighted by molar-refractivity contribution is 5.99. The van der Waals surface area contributed by atoms with Gasteiger partial charge in [-0.15, -0.1) is 0 Å². The normalized spacial score (nSPS) is 18.5. The molecule has 2 aliphatic rings. The molecule has 14 nitrogen and oxygen atoms in total. The van der Waals surface area contributed by atoms with Crippen molar-refractivity contribution in [2.75, 3.05) is 47.0 Å². The van der Waals surface area contributed by atoms with Crippen molar-refractivity contribution in [1.82, 2.24) is 31.2 Å². The molecule has 48 heavy (non-hydrogen) atoms. The molecule has 254 valence electrons. The molecule has 0 fully saturated rings. The van der Waals surface area contributed by atoms with E-state index in [9.17, 15) is 24.0 Å². The minimum atomic E-state index is -1.03. The van der Waals surface area contributed by atoms with Gasteiger partial charge in [0.2, 0.25) is 23.5 Å². The lowest BCUT2D eigenvalue weighted by atomic mass is 10.0. The number of hydrogen-bond acceptors (Lipinski definition) is 9. The Kier molecular flexibility index (Phi) is 12.7. The first-order chi connectivity index (χ1) is 23.2. The molecule has 4 N–H and O–H groups in total. The van der Waals surface area contributed by atoms with E-state index in [1.807, 2.05) is 30.3 Å². The number of aromatic nitrogens is 1. The number of nitrogens with zero attached hydrogens (tertiary/aromatic N) is 2. The molecule has 0 saturated heterocycles. The molecule has 2 aromatic carbocycles. The SMILES string of the molecule is COc1cc2cc(OC)c1OCCCNC(=O)CN(C(=O)c1ccncc1)CCNC(=O)[C@@H](Cc1ccccc1)NC(=O)[C@H](C)NC2=O. The van der Waals surface area contributed by atoms with E-state index in [2.05, 4.69) is 26.3 Å². The average molecular weight is 661 g/mol. The van der Waals surface area contributed by atoms with Crippen LogP contribution in [-0.4, -0.2) is 98.5 Å². The number of carbonyl (C=O) groups is 5. The second-order valence-corrected chi connectivity index (χ2v) is 11.0. The number of benzene rings is 2. The summed E-state index contributed by atoms with van der Waals surface area (Å²) in [5, 5.41) is 11.0. The molecule has 0 radical (unpaired) electrons. The third-order valence-corrected chi connectivity index (χ3v) is 7.50. The van der Waals surface area contributed by atoms with Crippen LogP contribution in [0.25, 0.3) is 0 Å². The Morgan fingerprint density at radius 3 is 2.27 bits per heavy atom. The van der Waals surface area contributed by atoms with Crippen LogP contribution in [0.15, 0.2) is 67.0 Å². The first-order valence-electron chi connectivity index (χ1n) is 15.5. The van der Waals surface area contributed by atoms with E-state index in [1.165, 1.54) is 50.6 Å². The summed E-state index contributed by atoms with van der Waals surface area (Å²) in [6.45, 7) is 1.67. The molecule has 1 aromatic heterocycles. The van der Waals surface area contributed by atoms with E-state index < -0.39 is 41.6 Å². The molecular weight excluding hydrogens is 620 g/mol. The van der Waals surface area contributed by atoms with Crippen LogP contribution >= 0.6 is 0 Å². The molecule has 0 spiro atoms. The van der Waals surface area contributed by atoms with E-state index in [1.54, 1.807) is 12.1 Å². The molecule has 2 bridgehead atoms. The molecule has 0 saturated carbocycles. The van der Waals surface area contributed by atoms with Gasteiger partial charge in [-0.2, -0.15) is 0 Å². The van der Waals surface area contributed by atoms with Gasteiger partial charge in [0.1, 0.15) is 12.1 Å². The molecule has 0 aliphatic carbocycles. The van der Waals surface area contributed by atoms with Gasteiger partial charge in [0.25, 0.3) is 11.8 Å². The number of nitrogens with one attached hydrogen (secondary N) is 4. The smallest absolute Gasteiger partial charge is 0.254 e. The Balaban J connectivity index is 1.61. The summed E-state index contributed by atoms with van der Waals surface area (Å²) in [7, 11) is 2.83. The number of pyridine rings is 1. The van der Waals surface area contributed by atoms with Crippen molar-refractivity contribution in [3.63, 3.8) is 0 Å². The van der Waals surface area contributed by atoms with Crippen molar-refractivity contribution in [1.29, 1.82) is 0 Å². The molecule has 2 atom stereocenters. The molecule has 2 aliphatic heterocycles. The average Bonchev–Trinajstić information content (AvgIpc) is 3.10. The Morgan fingerprint density at radius 2 is 1.60 bits per heavy atom. The second-order valence-electron chi connectivity index (χ2n) is 11.0. The van der Waals surface area contributed by atoms with Gasteiger partial charge in [0.05, 0.1) is 27.4 Å². The van der Waals surface area contributed by atoms with Crippen LogP contribution < -0.4 is 35.5 Å². The highest BCUT2D eigenvalue weighted by Gasteiger charge is 2.27. The van der Waals surface area contributed by atoms with E-state index in [4.69, 9.17) is 14.2 Å². The van der Waals surface area contributed by atoms with Gasteiger partial charge in [0, 0.05) is 49.6 Å². The van der Waals surface area contributed by atoms with Crippen LogP contribution in [0.2, 0.25) is 0 Å². The molecular formula is C34H40N6O8. The summed E-state index contributed by atoms with van der Waals surface area (Å²) in [6.07, 6.45) is 3.52. The van der Waals surface area contributed by atoms with Gasteiger partial charge in [-0.05, 0) is 43.2 Å². The van der Waals surface area contributed by atoms with Gasteiger partial charge >= 0.3 is 0 Å². The first kappa shape index (κ1) is 35.2. The highest BCUT2D eigenvalue weighted by atomic mass is 16.5. The van der Waals surface area contributed by atoms with Crippen molar-refractivity contribution in [3.05, 3.63) is 83.7 Å². The topological polar surface area (TPSA) is 177 Å². The monoisotopic (exact) mass is 660 g/mol. The number of rotatable bonds is 5. The van der Waals surface area contributed by atoms with Crippen molar-refractivity contribution < 1.29 is 38.2 Å². The summed E-state index contributed by atoms with van der Waals surface area (Å²) in [5.74, 6) is -1.76. The fourth-order valence-electron chi connectivity index (χ4n) is 4.92. The number of amides is 5. The van der Waals surface area contributed by atoms with E-state index >= 15 is 0 Å². The molecule has 3 aromatic rings. The van der Waals surface area contributed by atoms with E-state index in [0.29, 0.717) is 12.0 Å². The summed E-state index contributed by atoms with van der Waals surface area (Å²) in [4.78, 5) is 71.5. The fourth-order valence-corrected chi connectivity index (χ4v) is 4.92. The zero-order valence-corrected chi connectivity index (χ0v) is 27.1. The maximum absolute atomic E-state index is 13.5. The Hall–Kier alpha value is -5.66. The minimum absolute atomic E-state index is 0.00347. The number of hydrogen-bond donors (Lipinski definition) is 4. The maximum Gasteiger partial charge on any atom is 0.254 e. The number of ether oxygens (including phenoxy) is 3. The van der Waals surface area contributed by atoms with Gasteiger partial charge in [-0.25, -0.2) is 0 Å². The van der Waals surface area contributed by atoms with Crippen molar-refractivity contribution in [2.45, 2.75) is 31.8 Å². The lowest BCUT2D eigenvalue weighted by Gasteiger charge is -2.25. The third kappa shape index (κ3) is 9.67. The van der Waals surface area contributed by atoms with Gasteiger partial charge < -0.3 is 40.4 Å². The first-order valence-corrected chi connectivity index (χ1v) is 15.5. The summed E-state index contributed by atoms with van der Waals surface area (Å²) < 4.78 is 16.8. The van der Waals surface area contributed by atoms with Gasteiger partial charge in [0.15, 0.2) is 11.5 Å². The zero-order chi connectivity index (χ0) is 34.5. The Labute approximate surface area is 278 Å². The molecule has 5 amide bonds. The second kappa shape index (κ2) is 17.3. The molecule has 5 rings (SSSR count). The number of carbonyl (C=O) groups excluding carboxylic acids is 5. The predicted octanol–water partition coefficient (Wildman–Crippen LogP) is 1.10. The quantitative estimate of drug-likeness (QED) is 0.292. The van der Waals surface area contributed by atoms with Crippen LogP contribution in [0, 0.1) is 0 Å². The van der Waals surface area contributed by atoms with Crippen LogP contribution in [0.1, 0.15) is 39.6 Å². The Morgan fingerprint density at radius 1 is 0.917 bits per heavy atom. The molecule has 14 heteroatoms. The fraction of sp³-hybridized carbons (Fsp3) is 0.353. The minimum Gasteiger partial charge on any atom is -0.493 e. The van der Waals surface area contributed by atoms with Crippen LogP contribution in [0.5, 0.6) is 17.2 Å². The summed E-state index contributed by atoms with van der Waals surface area (Å²) in [6, 6.07) is 13.1. The van der Waals surface area contributed by atoms with Gasteiger partial charge in [-0.1, -0.05) is 30.3 Å². The van der Waals surface area contributed by atoms with Crippen molar-refractivity contribution in [2.24, 2.45) is 0 Å². The lowest BCUT2D eigenvalue weighted by Crippen LogP contribution is -2.54. The van der Waals surface area contributed by atoms with Crippen molar-refractivity contribution >= 4 is 29.5 Å². The summed E-state index contributed by atoms with van der Waals surface area (Å²) in [5.41, 5.74) is 1.29. The summed E-state index contributed by atoms with van der Waals surface area (Å²) >= 11 is 0. The van der Waals surface area contributed by atoms with E-state index in [-0.39, 0.29) is 62.0 Å². The van der Waals surface area contributed by atoms with Crippen LogP contribution in [0.3, 0.4) is 0 Å². The van der Waals surface area contributed by atoms with E-state index in [0.717, 1.165) is 5.56 Å². The number of methoxy groups -OCH3 is 2. The largest absolute Gasteiger partial charge is 0.493 e. The lowest BCUT2D eigenvalue weighted by molar-refractivity contribution is -0.129. The van der Waals surface area contributed by atoms with Crippen molar-refractivity contribution in [3.8, 4) is 17.2 Å².